The second kappa shape index (κ2) is 6.19. The summed E-state index contributed by atoms with van der Waals surface area (Å²) in [5.41, 5.74) is 1.02. The zero-order chi connectivity index (χ0) is 19.2. The standard InChI is InChI=1S/C18H11F5N4/c19-11-7-5-10(6-8-11)14-9-15(12-3-1-2-4-13(12)20)27-17(24-14)25-16(26-27)18(21,22)23/h1-9,15H,(H,24,25,26)/t15-/m1/s1. The molecule has 0 saturated carbocycles. The summed E-state index contributed by atoms with van der Waals surface area (Å²) in [6, 6.07) is 10.1. The first kappa shape index (κ1) is 17.2. The van der Waals surface area contributed by atoms with Crippen LogP contribution in [0.2, 0.25) is 0 Å². The number of hydrogen-bond acceptors (Lipinski definition) is 3. The van der Waals surface area contributed by atoms with Gasteiger partial charge in [-0.3, -0.25) is 0 Å². The van der Waals surface area contributed by atoms with Gasteiger partial charge in [-0.05, 0) is 42.0 Å². The Balaban J connectivity index is 1.86. The number of hydrogen-bond donors (Lipinski definition) is 1. The Morgan fingerprint density at radius 1 is 0.963 bits per heavy atom. The minimum Gasteiger partial charge on any atom is -0.324 e. The highest BCUT2D eigenvalue weighted by molar-refractivity contribution is 5.77. The predicted molar refractivity (Wildman–Crippen MR) is 87.6 cm³/mol. The van der Waals surface area contributed by atoms with E-state index in [9.17, 15) is 22.0 Å². The maximum atomic E-state index is 14.3. The van der Waals surface area contributed by atoms with Crippen molar-refractivity contribution in [3.8, 4) is 0 Å². The van der Waals surface area contributed by atoms with Crippen LogP contribution in [0.1, 0.15) is 23.0 Å². The second-order valence-corrected chi connectivity index (χ2v) is 5.88. The molecule has 1 aliphatic heterocycles. The Morgan fingerprint density at radius 2 is 1.67 bits per heavy atom. The van der Waals surface area contributed by atoms with Crippen molar-refractivity contribution >= 4 is 11.6 Å². The SMILES string of the molecule is Fc1ccc(C2=C[C@H](c3ccccc3F)n3nc(C(F)(F)F)nc3N2)cc1. The van der Waals surface area contributed by atoms with E-state index >= 15 is 0 Å². The van der Waals surface area contributed by atoms with Crippen LogP contribution in [0.3, 0.4) is 0 Å². The van der Waals surface area contributed by atoms with Crippen LogP contribution < -0.4 is 5.32 Å². The molecule has 3 aromatic rings. The molecule has 1 N–H and O–H groups in total. The maximum absolute atomic E-state index is 14.3. The summed E-state index contributed by atoms with van der Waals surface area (Å²) in [5.74, 6) is -2.56. The molecule has 27 heavy (non-hydrogen) atoms. The molecular weight excluding hydrogens is 367 g/mol. The smallest absolute Gasteiger partial charge is 0.324 e. The van der Waals surface area contributed by atoms with Crippen LogP contribution in [0.25, 0.3) is 5.70 Å². The molecule has 0 aliphatic carbocycles. The van der Waals surface area contributed by atoms with E-state index in [1.54, 1.807) is 6.07 Å². The van der Waals surface area contributed by atoms with Crippen molar-refractivity contribution in [2.75, 3.05) is 5.32 Å². The number of anilines is 1. The Hall–Kier alpha value is -3.23. The molecule has 1 aromatic heterocycles. The lowest BCUT2D eigenvalue weighted by Gasteiger charge is -2.24. The molecule has 2 aromatic carbocycles. The number of benzene rings is 2. The average Bonchev–Trinajstić information content (AvgIpc) is 3.07. The van der Waals surface area contributed by atoms with Gasteiger partial charge in [0.25, 0.3) is 5.82 Å². The minimum absolute atomic E-state index is 0.137. The van der Waals surface area contributed by atoms with Crippen molar-refractivity contribution in [1.82, 2.24) is 14.8 Å². The van der Waals surface area contributed by atoms with E-state index in [0.29, 0.717) is 11.3 Å². The Bertz CT molecular complexity index is 1020. The maximum Gasteiger partial charge on any atom is 0.453 e. The second-order valence-electron chi connectivity index (χ2n) is 5.88. The van der Waals surface area contributed by atoms with Crippen LogP contribution in [0, 0.1) is 11.6 Å². The van der Waals surface area contributed by atoms with Crippen molar-refractivity contribution in [2.24, 2.45) is 0 Å². The molecule has 0 spiro atoms. The van der Waals surface area contributed by atoms with Gasteiger partial charge in [0, 0.05) is 11.3 Å². The van der Waals surface area contributed by atoms with Crippen LogP contribution in [-0.2, 0) is 6.18 Å². The van der Waals surface area contributed by atoms with Gasteiger partial charge in [-0.1, -0.05) is 18.2 Å². The summed E-state index contributed by atoms with van der Waals surface area (Å²) in [4.78, 5) is 3.50. The van der Waals surface area contributed by atoms with E-state index in [-0.39, 0.29) is 11.5 Å². The summed E-state index contributed by atoms with van der Waals surface area (Å²) in [6.45, 7) is 0. The van der Waals surface area contributed by atoms with Crippen LogP contribution in [-0.4, -0.2) is 14.8 Å². The minimum atomic E-state index is -4.75. The van der Waals surface area contributed by atoms with Crippen LogP contribution in [0.15, 0.2) is 54.6 Å². The van der Waals surface area contributed by atoms with Crippen molar-refractivity contribution in [3.63, 3.8) is 0 Å². The largest absolute Gasteiger partial charge is 0.453 e. The molecule has 0 radical (unpaired) electrons. The van der Waals surface area contributed by atoms with E-state index in [1.165, 1.54) is 48.5 Å². The van der Waals surface area contributed by atoms with Crippen LogP contribution in [0.5, 0.6) is 0 Å². The van der Waals surface area contributed by atoms with E-state index in [1.807, 2.05) is 0 Å². The van der Waals surface area contributed by atoms with E-state index in [2.05, 4.69) is 15.4 Å². The molecule has 2 heterocycles. The molecule has 4 nitrogen and oxygen atoms in total. The molecule has 1 atom stereocenters. The van der Waals surface area contributed by atoms with Crippen molar-refractivity contribution in [1.29, 1.82) is 0 Å². The fraction of sp³-hybridized carbons (Fsp3) is 0.111. The highest BCUT2D eigenvalue weighted by Gasteiger charge is 2.39. The molecule has 4 rings (SSSR count). The van der Waals surface area contributed by atoms with Gasteiger partial charge >= 0.3 is 6.18 Å². The molecule has 0 bridgehead atoms. The molecule has 0 unspecified atom stereocenters. The summed E-state index contributed by atoms with van der Waals surface area (Å²) >= 11 is 0. The number of nitrogens with one attached hydrogen (secondary N) is 1. The lowest BCUT2D eigenvalue weighted by atomic mass is 10.0. The average molecular weight is 378 g/mol. The lowest BCUT2D eigenvalue weighted by molar-refractivity contribution is -0.145. The zero-order valence-electron chi connectivity index (χ0n) is 13.5. The molecular formula is C18H11F5N4. The molecule has 0 amide bonds. The van der Waals surface area contributed by atoms with Gasteiger partial charge in [0.15, 0.2) is 0 Å². The third-order valence-electron chi connectivity index (χ3n) is 4.10. The fourth-order valence-corrected chi connectivity index (χ4v) is 2.85. The van der Waals surface area contributed by atoms with Gasteiger partial charge in [-0.25, -0.2) is 13.5 Å². The number of aromatic nitrogens is 3. The monoisotopic (exact) mass is 378 g/mol. The van der Waals surface area contributed by atoms with Gasteiger partial charge in [0.05, 0.1) is 0 Å². The van der Waals surface area contributed by atoms with Gasteiger partial charge in [0.2, 0.25) is 5.95 Å². The lowest BCUT2D eigenvalue weighted by Crippen LogP contribution is -2.21. The van der Waals surface area contributed by atoms with E-state index in [0.717, 1.165) is 4.68 Å². The summed E-state index contributed by atoms with van der Waals surface area (Å²) in [6.07, 6.45) is -3.23. The van der Waals surface area contributed by atoms with Crippen LogP contribution in [0.4, 0.5) is 27.9 Å². The van der Waals surface area contributed by atoms with Crippen molar-refractivity contribution < 1.29 is 22.0 Å². The normalized spacial score (nSPS) is 16.5. The van der Waals surface area contributed by atoms with E-state index in [4.69, 9.17) is 0 Å². The topological polar surface area (TPSA) is 42.7 Å². The number of allylic oxidation sites excluding steroid dienone is 1. The highest BCUT2D eigenvalue weighted by Crippen LogP contribution is 2.36. The van der Waals surface area contributed by atoms with Gasteiger partial charge in [-0.2, -0.15) is 18.2 Å². The number of fused-ring (bicyclic) bond motifs is 1. The summed E-state index contributed by atoms with van der Waals surface area (Å²) in [7, 11) is 0. The molecule has 138 valence electrons. The van der Waals surface area contributed by atoms with Crippen molar-refractivity contribution in [3.05, 3.63) is 83.2 Å². The molecule has 0 fully saturated rings. The number of halogens is 5. The van der Waals surface area contributed by atoms with Crippen molar-refractivity contribution in [2.45, 2.75) is 12.2 Å². The highest BCUT2D eigenvalue weighted by atomic mass is 19.4. The first-order valence-corrected chi connectivity index (χ1v) is 7.86. The fourth-order valence-electron chi connectivity index (χ4n) is 2.85. The molecule has 9 heteroatoms. The van der Waals surface area contributed by atoms with E-state index < -0.39 is 29.7 Å². The first-order valence-electron chi connectivity index (χ1n) is 7.86. The zero-order valence-corrected chi connectivity index (χ0v) is 13.5. The number of rotatable bonds is 2. The van der Waals surface area contributed by atoms with Crippen LogP contribution >= 0.6 is 0 Å². The van der Waals surface area contributed by atoms with Gasteiger partial charge < -0.3 is 5.32 Å². The summed E-state index contributed by atoms with van der Waals surface area (Å²) < 4.78 is 67.6. The predicted octanol–water partition coefficient (Wildman–Crippen LogP) is 4.63. The Labute approximate surface area is 150 Å². The molecule has 1 aliphatic rings. The number of nitrogens with zero attached hydrogens (tertiary/aromatic N) is 3. The Kier molecular flexibility index (Phi) is 3.94. The third-order valence-corrected chi connectivity index (χ3v) is 4.10. The van der Waals surface area contributed by atoms with Gasteiger partial charge in [0.1, 0.15) is 17.7 Å². The quantitative estimate of drug-likeness (QED) is 0.661. The number of alkyl halides is 3. The Morgan fingerprint density at radius 3 is 2.33 bits per heavy atom. The third kappa shape index (κ3) is 3.16. The molecule has 0 saturated heterocycles. The first-order chi connectivity index (χ1) is 12.8. The summed E-state index contributed by atoms with van der Waals surface area (Å²) in [5, 5.41) is 6.26. The van der Waals surface area contributed by atoms with Gasteiger partial charge in [-0.15, -0.1) is 5.10 Å².